The maximum absolute atomic E-state index is 10.1. The first-order valence-electron chi connectivity index (χ1n) is 2.45. The standard InChI is InChI=1S/C5H9IO2/c1-4(2)3-8-5(6)7/h4H,3H2,1-2H3. The molecule has 0 aliphatic carbocycles. The van der Waals surface area contributed by atoms with Crippen molar-refractivity contribution in [1.29, 1.82) is 0 Å². The molecule has 8 heavy (non-hydrogen) atoms. The van der Waals surface area contributed by atoms with Crippen LogP contribution in [0.4, 0.5) is 4.79 Å². The molecular formula is C5H9IO2. The van der Waals surface area contributed by atoms with Crippen LogP contribution in [0.1, 0.15) is 13.8 Å². The first kappa shape index (κ1) is 8.20. The molecule has 0 spiro atoms. The van der Waals surface area contributed by atoms with E-state index in [4.69, 9.17) is 0 Å². The van der Waals surface area contributed by atoms with Crippen LogP contribution in [0.2, 0.25) is 0 Å². The predicted octanol–water partition coefficient (Wildman–Crippen LogP) is 2.21. The fraction of sp³-hybridized carbons (Fsp3) is 0.800. The van der Waals surface area contributed by atoms with E-state index in [1.807, 2.05) is 13.8 Å². The SMILES string of the molecule is CC(C)COC(=O)I. The smallest absolute Gasteiger partial charge is 0.367 e. The van der Waals surface area contributed by atoms with Crippen molar-refractivity contribution in [2.24, 2.45) is 5.92 Å². The summed E-state index contributed by atoms with van der Waals surface area (Å²) in [5.74, 6) is 0.439. The van der Waals surface area contributed by atoms with Gasteiger partial charge in [-0.3, -0.25) is 0 Å². The molecule has 0 aliphatic rings. The largest absolute Gasteiger partial charge is 0.458 e. The van der Waals surface area contributed by atoms with Crippen molar-refractivity contribution in [3.63, 3.8) is 0 Å². The van der Waals surface area contributed by atoms with Crippen LogP contribution in [0.3, 0.4) is 0 Å². The molecular weight excluding hydrogens is 219 g/mol. The lowest BCUT2D eigenvalue weighted by Gasteiger charge is -2.01. The van der Waals surface area contributed by atoms with Gasteiger partial charge >= 0.3 is 3.98 Å². The van der Waals surface area contributed by atoms with Crippen molar-refractivity contribution in [2.75, 3.05) is 6.61 Å². The van der Waals surface area contributed by atoms with E-state index in [0.29, 0.717) is 12.5 Å². The van der Waals surface area contributed by atoms with Gasteiger partial charge in [0.25, 0.3) is 0 Å². The van der Waals surface area contributed by atoms with Gasteiger partial charge in [-0.1, -0.05) is 13.8 Å². The zero-order valence-electron chi connectivity index (χ0n) is 4.98. The quantitative estimate of drug-likeness (QED) is 0.535. The highest BCUT2D eigenvalue weighted by molar-refractivity contribution is 14.1. The van der Waals surface area contributed by atoms with Crippen LogP contribution in [0.5, 0.6) is 0 Å². The summed E-state index contributed by atoms with van der Waals surface area (Å²) in [5.41, 5.74) is 0. The molecule has 0 aliphatic heterocycles. The van der Waals surface area contributed by atoms with Crippen LogP contribution in [0, 0.1) is 5.92 Å². The van der Waals surface area contributed by atoms with E-state index < -0.39 is 0 Å². The molecule has 0 saturated heterocycles. The first-order valence-corrected chi connectivity index (χ1v) is 3.53. The Morgan fingerprint density at radius 2 is 2.25 bits per heavy atom. The molecule has 2 nitrogen and oxygen atoms in total. The average molecular weight is 228 g/mol. The van der Waals surface area contributed by atoms with Gasteiger partial charge in [0.05, 0.1) is 29.2 Å². The predicted molar refractivity (Wildman–Crippen MR) is 40.2 cm³/mol. The summed E-state index contributed by atoms with van der Waals surface area (Å²) < 4.78 is 4.43. The highest BCUT2D eigenvalue weighted by Gasteiger charge is 1.96. The van der Waals surface area contributed by atoms with E-state index in [0.717, 1.165) is 0 Å². The van der Waals surface area contributed by atoms with E-state index in [9.17, 15) is 4.79 Å². The van der Waals surface area contributed by atoms with Gasteiger partial charge in [-0.2, -0.15) is 0 Å². The molecule has 0 unspecified atom stereocenters. The molecule has 0 atom stereocenters. The number of rotatable bonds is 2. The van der Waals surface area contributed by atoms with Crippen molar-refractivity contribution in [2.45, 2.75) is 13.8 Å². The topological polar surface area (TPSA) is 26.3 Å². The zero-order chi connectivity index (χ0) is 6.57. The van der Waals surface area contributed by atoms with E-state index >= 15 is 0 Å². The summed E-state index contributed by atoms with van der Waals surface area (Å²) in [5, 5.41) is 0. The van der Waals surface area contributed by atoms with E-state index in [1.54, 1.807) is 22.6 Å². The first-order chi connectivity index (χ1) is 3.63. The second-order valence-corrected chi connectivity index (χ2v) is 2.82. The third-order valence-electron chi connectivity index (χ3n) is 0.530. The third kappa shape index (κ3) is 6.20. The van der Waals surface area contributed by atoms with Crippen molar-refractivity contribution in [1.82, 2.24) is 0 Å². The highest BCUT2D eigenvalue weighted by atomic mass is 127. The monoisotopic (exact) mass is 228 g/mol. The normalized spacial score (nSPS) is 9.50. The Hall–Kier alpha value is 0.200. The van der Waals surface area contributed by atoms with Crippen molar-refractivity contribution in [3.8, 4) is 0 Å². The number of hydrogen-bond donors (Lipinski definition) is 0. The Bertz CT molecular complexity index is 80.5. The van der Waals surface area contributed by atoms with E-state index in [1.165, 1.54) is 0 Å². The summed E-state index contributed by atoms with van der Waals surface area (Å²) in [6, 6.07) is 0. The van der Waals surface area contributed by atoms with Gasteiger partial charge in [0.15, 0.2) is 0 Å². The Kier molecular flexibility index (Phi) is 4.22. The lowest BCUT2D eigenvalue weighted by Crippen LogP contribution is -2.02. The Morgan fingerprint density at radius 3 is 2.38 bits per heavy atom. The summed E-state index contributed by atoms with van der Waals surface area (Å²) in [7, 11) is 0. The Balaban J connectivity index is 3.05. The number of hydrogen-bond acceptors (Lipinski definition) is 2. The number of carbonyl (C=O) groups excluding carboxylic acids is 1. The second kappa shape index (κ2) is 4.12. The number of ether oxygens (including phenoxy) is 1. The van der Waals surface area contributed by atoms with Crippen LogP contribution in [-0.2, 0) is 4.74 Å². The second-order valence-electron chi connectivity index (χ2n) is 1.94. The Labute approximate surface area is 62.7 Å². The lowest BCUT2D eigenvalue weighted by molar-refractivity contribution is 0.164. The van der Waals surface area contributed by atoms with Gasteiger partial charge in [0.1, 0.15) is 0 Å². The van der Waals surface area contributed by atoms with Gasteiger partial charge in [-0.25, -0.2) is 4.79 Å². The minimum Gasteiger partial charge on any atom is -0.458 e. The molecule has 0 rings (SSSR count). The minimum absolute atomic E-state index is 0.226. The molecule has 0 amide bonds. The summed E-state index contributed by atoms with van der Waals surface area (Å²) in [6.45, 7) is 4.53. The van der Waals surface area contributed by atoms with Crippen molar-refractivity contribution in [3.05, 3.63) is 0 Å². The molecule has 0 saturated carbocycles. The summed E-state index contributed by atoms with van der Waals surface area (Å²) in [6.07, 6.45) is 0. The van der Waals surface area contributed by atoms with Gasteiger partial charge in [-0.05, 0) is 5.92 Å². The van der Waals surface area contributed by atoms with Gasteiger partial charge in [-0.15, -0.1) is 0 Å². The van der Waals surface area contributed by atoms with Crippen LogP contribution >= 0.6 is 22.6 Å². The van der Waals surface area contributed by atoms with Gasteiger partial charge in [0.2, 0.25) is 0 Å². The van der Waals surface area contributed by atoms with Crippen LogP contribution in [0.25, 0.3) is 0 Å². The van der Waals surface area contributed by atoms with Crippen LogP contribution < -0.4 is 0 Å². The van der Waals surface area contributed by atoms with Crippen LogP contribution in [0.15, 0.2) is 0 Å². The van der Waals surface area contributed by atoms with Crippen molar-refractivity contribution >= 4 is 26.6 Å². The fourth-order valence-electron chi connectivity index (χ4n) is 0.232. The third-order valence-corrected chi connectivity index (χ3v) is 0.842. The molecule has 0 fully saturated rings. The van der Waals surface area contributed by atoms with E-state index in [2.05, 4.69) is 4.74 Å². The number of carbonyl (C=O) groups is 1. The number of halogens is 1. The molecule has 0 radical (unpaired) electrons. The molecule has 0 heterocycles. The van der Waals surface area contributed by atoms with Gasteiger partial charge < -0.3 is 4.74 Å². The molecule has 0 aromatic rings. The molecule has 0 aromatic carbocycles. The zero-order valence-corrected chi connectivity index (χ0v) is 7.14. The lowest BCUT2D eigenvalue weighted by atomic mass is 10.2. The molecule has 0 bridgehead atoms. The molecule has 0 aromatic heterocycles. The summed E-state index contributed by atoms with van der Waals surface area (Å²) in [4.78, 5) is 10.1. The van der Waals surface area contributed by atoms with E-state index in [-0.39, 0.29) is 3.98 Å². The van der Waals surface area contributed by atoms with Crippen molar-refractivity contribution < 1.29 is 9.53 Å². The van der Waals surface area contributed by atoms with Gasteiger partial charge in [0, 0.05) is 0 Å². The maximum atomic E-state index is 10.1. The Morgan fingerprint density at radius 1 is 1.75 bits per heavy atom. The molecule has 3 heteroatoms. The summed E-state index contributed by atoms with van der Waals surface area (Å²) >= 11 is 1.61. The van der Waals surface area contributed by atoms with Crippen LogP contribution in [-0.4, -0.2) is 10.6 Å². The molecule has 48 valence electrons. The average Bonchev–Trinajstić information content (AvgIpc) is 1.61. The molecule has 0 N–H and O–H groups in total. The minimum atomic E-state index is -0.226. The maximum Gasteiger partial charge on any atom is 0.367 e. The highest BCUT2D eigenvalue weighted by Crippen LogP contribution is 1.97. The fourth-order valence-corrected chi connectivity index (χ4v) is 0.412.